The van der Waals surface area contributed by atoms with Crippen molar-refractivity contribution in [2.75, 3.05) is 26.2 Å². The lowest BCUT2D eigenvalue weighted by atomic mass is 10.1. The van der Waals surface area contributed by atoms with E-state index < -0.39 is 0 Å². The quantitative estimate of drug-likeness (QED) is 0.682. The highest BCUT2D eigenvalue weighted by atomic mass is 35.5. The molecule has 0 aliphatic carbocycles. The number of hydrogen-bond donors (Lipinski definition) is 1. The predicted octanol–water partition coefficient (Wildman–Crippen LogP) is 3.66. The van der Waals surface area contributed by atoms with Gasteiger partial charge >= 0.3 is 0 Å². The largest absolute Gasteiger partial charge is 0.489 e. The Labute approximate surface area is 173 Å². The van der Waals surface area contributed by atoms with Crippen LogP contribution in [0.2, 0.25) is 0 Å². The summed E-state index contributed by atoms with van der Waals surface area (Å²) >= 11 is 0. The van der Waals surface area contributed by atoms with E-state index in [0.717, 1.165) is 49.2 Å². The van der Waals surface area contributed by atoms with Gasteiger partial charge < -0.3 is 20.1 Å². The number of benzene rings is 2. The van der Waals surface area contributed by atoms with Crippen LogP contribution in [0.3, 0.4) is 0 Å². The molecule has 0 atom stereocenters. The van der Waals surface area contributed by atoms with Gasteiger partial charge in [-0.05, 0) is 55.6 Å². The number of piperidine rings is 1. The van der Waals surface area contributed by atoms with E-state index in [4.69, 9.17) is 15.2 Å². The lowest BCUT2D eigenvalue weighted by molar-refractivity contribution is 0.00844. The van der Waals surface area contributed by atoms with Crippen LogP contribution in [-0.2, 0) is 11.3 Å². The van der Waals surface area contributed by atoms with E-state index >= 15 is 0 Å². The number of nitrogens with two attached hydrogens (primary N) is 1. The molecule has 1 heterocycles. The van der Waals surface area contributed by atoms with Crippen molar-refractivity contribution in [1.29, 1.82) is 0 Å². The Morgan fingerprint density at radius 1 is 1.04 bits per heavy atom. The summed E-state index contributed by atoms with van der Waals surface area (Å²) in [5, 5.41) is 0. The second kappa shape index (κ2) is 11.7. The molecule has 2 N–H and O–H groups in total. The minimum atomic E-state index is 0. The zero-order valence-electron chi connectivity index (χ0n) is 16.1. The lowest BCUT2D eigenvalue weighted by Crippen LogP contribution is -2.41. The zero-order chi connectivity index (χ0) is 18.9. The van der Waals surface area contributed by atoms with Crippen LogP contribution >= 0.6 is 12.4 Å². The molecule has 5 nitrogen and oxygen atoms in total. The van der Waals surface area contributed by atoms with Crippen LogP contribution in [0.15, 0.2) is 54.6 Å². The van der Waals surface area contributed by atoms with Gasteiger partial charge in [0.15, 0.2) is 0 Å². The molecule has 1 aliphatic heterocycles. The van der Waals surface area contributed by atoms with Crippen LogP contribution in [0.1, 0.15) is 35.2 Å². The van der Waals surface area contributed by atoms with Gasteiger partial charge in [-0.15, -0.1) is 12.4 Å². The van der Waals surface area contributed by atoms with Crippen molar-refractivity contribution < 1.29 is 14.3 Å². The van der Waals surface area contributed by atoms with Gasteiger partial charge in [-0.3, -0.25) is 4.79 Å². The number of carbonyl (C=O) groups is 1. The van der Waals surface area contributed by atoms with Crippen LogP contribution in [0.4, 0.5) is 0 Å². The maximum Gasteiger partial charge on any atom is 0.253 e. The average Bonchev–Trinajstić information content (AvgIpc) is 2.74. The minimum absolute atomic E-state index is 0. The molecule has 1 fully saturated rings. The van der Waals surface area contributed by atoms with Crippen molar-refractivity contribution in [1.82, 2.24) is 4.90 Å². The Balaban J connectivity index is 0.00000280. The molecule has 28 heavy (non-hydrogen) atoms. The van der Waals surface area contributed by atoms with Crippen LogP contribution < -0.4 is 10.5 Å². The molecule has 0 spiro atoms. The summed E-state index contributed by atoms with van der Waals surface area (Å²) in [6.07, 6.45) is 2.91. The lowest BCUT2D eigenvalue weighted by Gasteiger charge is -2.32. The van der Waals surface area contributed by atoms with Gasteiger partial charge in [0.2, 0.25) is 0 Å². The Hall–Kier alpha value is -2.08. The van der Waals surface area contributed by atoms with Crippen molar-refractivity contribution in [3.63, 3.8) is 0 Å². The number of para-hydroxylation sites is 1. The summed E-state index contributed by atoms with van der Waals surface area (Å²) in [7, 11) is 0. The number of nitrogens with zero attached hydrogens (tertiary/aromatic N) is 1. The van der Waals surface area contributed by atoms with Gasteiger partial charge in [0, 0.05) is 25.3 Å². The molecule has 2 aromatic carbocycles. The first-order chi connectivity index (χ1) is 13.3. The van der Waals surface area contributed by atoms with E-state index in [0.29, 0.717) is 19.8 Å². The molecule has 3 rings (SSSR count). The Bertz CT molecular complexity index is 701. The molecule has 0 saturated carbocycles. The first-order valence-electron chi connectivity index (χ1n) is 9.64. The van der Waals surface area contributed by atoms with Crippen LogP contribution in [0.25, 0.3) is 0 Å². The third-order valence-corrected chi connectivity index (χ3v) is 4.78. The third-order valence-electron chi connectivity index (χ3n) is 4.78. The molecule has 1 saturated heterocycles. The fourth-order valence-corrected chi connectivity index (χ4v) is 3.17. The van der Waals surface area contributed by atoms with E-state index in [1.807, 2.05) is 59.5 Å². The van der Waals surface area contributed by atoms with E-state index in [-0.39, 0.29) is 24.4 Å². The summed E-state index contributed by atoms with van der Waals surface area (Å²) in [5.41, 5.74) is 7.26. The number of ether oxygens (including phenoxy) is 2. The van der Waals surface area contributed by atoms with Gasteiger partial charge in [0.25, 0.3) is 5.91 Å². The minimum Gasteiger partial charge on any atom is -0.489 e. The first-order valence-corrected chi connectivity index (χ1v) is 9.64. The summed E-state index contributed by atoms with van der Waals surface area (Å²) < 4.78 is 11.5. The molecule has 1 aliphatic rings. The highest BCUT2D eigenvalue weighted by Crippen LogP contribution is 2.18. The SMILES string of the molecule is Cl.NCCCOC1CCN(C(=O)c2ccc(COc3ccccc3)cc2)CC1. The van der Waals surface area contributed by atoms with Crippen molar-refractivity contribution >= 4 is 18.3 Å². The van der Waals surface area contributed by atoms with Gasteiger partial charge in [0.1, 0.15) is 12.4 Å². The number of halogens is 1. The van der Waals surface area contributed by atoms with E-state index in [1.54, 1.807) is 0 Å². The standard InChI is InChI=1S/C22H28N2O3.ClH/c23-13-4-16-26-21-11-14-24(15-12-21)22(25)19-9-7-18(8-10-19)17-27-20-5-2-1-3-6-20;/h1-3,5-10,21H,4,11-17,23H2;1H. The fourth-order valence-electron chi connectivity index (χ4n) is 3.17. The highest BCUT2D eigenvalue weighted by molar-refractivity contribution is 5.94. The van der Waals surface area contributed by atoms with Gasteiger partial charge in [-0.2, -0.15) is 0 Å². The molecule has 0 radical (unpaired) electrons. The summed E-state index contributed by atoms with van der Waals surface area (Å²) in [6.45, 7) is 3.34. The topological polar surface area (TPSA) is 64.8 Å². The number of rotatable bonds is 8. The Kier molecular flexibility index (Phi) is 9.28. The number of hydrogen-bond acceptors (Lipinski definition) is 4. The molecule has 0 unspecified atom stereocenters. The molecule has 2 aromatic rings. The van der Waals surface area contributed by atoms with Crippen molar-refractivity contribution in [2.45, 2.75) is 32.0 Å². The normalized spacial score (nSPS) is 14.4. The highest BCUT2D eigenvalue weighted by Gasteiger charge is 2.23. The van der Waals surface area contributed by atoms with E-state index in [9.17, 15) is 4.79 Å². The second-order valence-electron chi connectivity index (χ2n) is 6.80. The average molecular weight is 405 g/mol. The smallest absolute Gasteiger partial charge is 0.253 e. The second-order valence-corrected chi connectivity index (χ2v) is 6.80. The molecule has 6 heteroatoms. The number of likely N-dealkylation sites (tertiary alicyclic amines) is 1. The molecule has 0 aromatic heterocycles. The molecular formula is C22H29ClN2O3. The molecule has 1 amide bonds. The maximum absolute atomic E-state index is 12.7. The van der Waals surface area contributed by atoms with Gasteiger partial charge in [-0.25, -0.2) is 0 Å². The van der Waals surface area contributed by atoms with Crippen molar-refractivity contribution in [3.8, 4) is 5.75 Å². The summed E-state index contributed by atoms with van der Waals surface area (Å²) in [5.74, 6) is 0.931. The summed E-state index contributed by atoms with van der Waals surface area (Å²) in [6, 6.07) is 17.4. The number of amides is 1. The first kappa shape index (κ1) is 22.2. The third kappa shape index (κ3) is 6.51. The Morgan fingerprint density at radius 3 is 2.36 bits per heavy atom. The van der Waals surface area contributed by atoms with E-state index in [1.165, 1.54) is 0 Å². The van der Waals surface area contributed by atoms with E-state index in [2.05, 4.69) is 0 Å². The van der Waals surface area contributed by atoms with Gasteiger partial charge in [-0.1, -0.05) is 30.3 Å². The molecular weight excluding hydrogens is 376 g/mol. The van der Waals surface area contributed by atoms with Gasteiger partial charge in [0.05, 0.1) is 6.10 Å². The summed E-state index contributed by atoms with van der Waals surface area (Å²) in [4.78, 5) is 14.6. The molecule has 0 bridgehead atoms. The maximum atomic E-state index is 12.7. The molecule has 152 valence electrons. The zero-order valence-corrected chi connectivity index (χ0v) is 16.9. The van der Waals surface area contributed by atoms with Crippen molar-refractivity contribution in [3.05, 3.63) is 65.7 Å². The van der Waals surface area contributed by atoms with Crippen LogP contribution in [0, 0.1) is 0 Å². The van der Waals surface area contributed by atoms with Crippen LogP contribution in [-0.4, -0.2) is 43.2 Å². The van der Waals surface area contributed by atoms with Crippen LogP contribution in [0.5, 0.6) is 5.75 Å². The Morgan fingerprint density at radius 2 is 1.71 bits per heavy atom. The monoisotopic (exact) mass is 404 g/mol. The number of carbonyl (C=O) groups excluding carboxylic acids is 1. The fraction of sp³-hybridized carbons (Fsp3) is 0.409. The van der Waals surface area contributed by atoms with Crippen molar-refractivity contribution in [2.24, 2.45) is 5.73 Å². The predicted molar refractivity (Wildman–Crippen MR) is 113 cm³/mol.